The molecule has 3 nitrogen and oxygen atoms in total. The highest BCUT2D eigenvalue weighted by atomic mass is 16.1. The van der Waals surface area contributed by atoms with Crippen LogP contribution in [-0.4, -0.2) is 4.98 Å². The number of nitrogens with zero attached hydrogens (tertiary/aromatic N) is 1. The van der Waals surface area contributed by atoms with Crippen molar-refractivity contribution in [3.8, 4) is 6.07 Å². The molecule has 0 aromatic carbocycles. The number of hydrogen-bond donors (Lipinski definition) is 1. The molecular formula is C11H14N2O. The number of nitriles is 1. The second-order valence-corrected chi connectivity index (χ2v) is 3.28. The molecule has 0 bridgehead atoms. The third-order valence-electron chi connectivity index (χ3n) is 2.52. The first-order valence-electron chi connectivity index (χ1n) is 4.85. The summed E-state index contributed by atoms with van der Waals surface area (Å²) < 4.78 is 0. The fourth-order valence-corrected chi connectivity index (χ4v) is 1.62. The molecule has 1 rings (SSSR count). The lowest BCUT2D eigenvalue weighted by atomic mass is 9.94. The Hall–Kier alpha value is -1.56. The molecule has 3 heteroatoms. The van der Waals surface area contributed by atoms with E-state index in [2.05, 4.69) is 4.98 Å². The molecule has 74 valence electrons. The van der Waals surface area contributed by atoms with Crippen molar-refractivity contribution in [2.45, 2.75) is 32.6 Å². The molecule has 1 aromatic heterocycles. The van der Waals surface area contributed by atoms with Crippen molar-refractivity contribution >= 4 is 0 Å². The number of rotatable bonds is 3. The van der Waals surface area contributed by atoms with E-state index in [9.17, 15) is 4.79 Å². The van der Waals surface area contributed by atoms with Gasteiger partial charge in [0.15, 0.2) is 0 Å². The molecule has 14 heavy (non-hydrogen) atoms. The summed E-state index contributed by atoms with van der Waals surface area (Å²) >= 11 is 0. The molecular weight excluding hydrogens is 176 g/mol. The Morgan fingerprint density at radius 3 is 2.57 bits per heavy atom. The van der Waals surface area contributed by atoms with Crippen LogP contribution < -0.4 is 5.43 Å². The van der Waals surface area contributed by atoms with Crippen LogP contribution in [0.15, 0.2) is 17.2 Å². The van der Waals surface area contributed by atoms with Gasteiger partial charge in [-0.2, -0.15) is 5.26 Å². The zero-order valence-electron chi connectivity index (χ0n) is 8.50. The number of pyridine rings is 1. The maximum atomic E-state index is 11.7. The Kier molecular flexibility index (Phi) is 3.47. The van der Waals surface area contributed by atoms with Gasteiger partial charge in [0, 0.05) is 18.0 Å². The van der Waals surface area contributed by atoms with Crippen molar-refractivity contribution < 1.29 is 0 Å². The van der Waals surface area contributed by atoms with Gasteiger partial charge in [-0.3, -0.25) is 4.79 Å². The zero-order valence-corrected chi connectivity index (χ0v) is 8.50. The van der Waals surface area contributed by atoms with Crippen LogP contribution in [-0.2, 0) is 0 Å². The monoisotopic (exact) mass is 190 g/mol. The molecule has 0 amide bonds. The van der Waals surface area contributed by atoms with Crippen molar-refractivity contribution in [1.82, 2.24) is 4.98 Å². The van der Waals surface area contributed by atoms with Crippen LogP contribution in [0.25, 0.3) is 0 Å². The Morgan fingerprint density at radius 1 is 1.43 bits per heavy atom. The molecule has 0 aliphatic carbocycles. The molecule has 0 fully saturated rings. The lowest BCUT2D eigenvalue weighted by Gasteiger charge is -2.11. The van der Waals surface area contributed by atoms with Gasteiger partial charge in [-0.1, -0.05) is 13.8 Å². The second-order valence-electron chi connectivity index (χ2n) is 3.28. The van der Waals surface area contributed by atoms with Gasteiger partial charge in [0.25, 0.3) is 0 Å². The summed E-state index contributed by atoms with van der Waals surface area (Å²) in [5, 5.41) is 8.70. The van der Waals surface area contributed by atoms with Crippen LogP contribution >= 0.6 is 0 Å². The van der Waals surface area contributed by atoms with Gasteiger partial charge in [0.1, 0.15) is 11.6 Å². The van der Waals surface area contributed by atoms with E-state index in [1.165, 1.54) is 6.20 Å². The minimum atomic E-state index is -0.125. The van der Waals surface area contributed by atoms with Gasteiger partial charge >= 0.3 is 0 Å². The number of aromatic amines is 1. The highest BCUT2D eigenvalue weighted by molar-refractivity contribution is 5.30. The SMILES string of the molecule is CCC(CC)c1c[nH]cc(C#N)c1=O. The smallest absolute Gasteiger partial charge is 0.202 e. The van der Waals surface area contributed by atoms with Crippen molar-refractivity contribution in [2.24, 2.45) is 0 Å². The Morgan fingerprint density at radius 2 is 2.07 bits per heavy atom. The number of hydrogen-bond acceptors (Lipinski definition) is 2. The fraction of sp³-hybridized carbons (Fsp3) is 0.455. The lowest BCUT2D eigenvalue weighted by Crippen LogP contribution is -2.15. The summed E-state index contributed by atoms with van der Waals surface area (Å²) in [4.78, 5) is 14.6. The van der Waals surface area contributed by atoms with Crippen molar-refractivity contribution in [2.75, 3.05) is 0 Å². The van der Waals surface area contributed by atoms with Crippen LogP contribution in [0.5, 0.6) is 0 Å². The molecule has 1 aromatic rings. The van der Waals surface area contributed by atoms with E-state index < -0.39 is 0 Å². The normalized spacial score (nSPS) is 10.1. The minimum Gasteiger partial charge on any atom is -0.366 e. The standard InChI is InChI=1S/C11H14N2O/c1-3-8(4-2)10-7-13-6-9(5-12)11(10)14/h6-8H,3-4H2,1-2H3,(H,13,14). The van der Waals surface area contributed by atoms with Gasteiger partial charge in [-0.25, -0.2) is 0 Å². The predicted molar refractivity (Wildman–Crippen MR) is 55.1 cm³/mol. The predicted octanol–water partition coefficient (Wildman–Crippen LogP) is 2.15. The van der Waals surface area contributed by atoms with Gasteiger partial charge in [-0.15, -0.1) is 0 Å². The topological polar surface area (TPSA) is 56.6 Å². The maximum absolute atomic E-state index is 11.7. The quantitative estimate of drug-likeness (QED) is 0.793. The summed E-state index contributed by atoms with van der Waals surface area (Å²) in [6.07, 6.45) is 5.01. The van der Waals surface area contributed by atoms with E-state index in [0.717, 1.165) is 18.4 Å². The van der Waals surface area contributed by atoms with Gasteiger partial charge in [0.05, 0.1) is 0 Å². The first-order valence-corrected chi connectivity index (χ1v) is 4.85. The van der Waals surface area contributed by atoms with Gasteiger partial charge < -0.3 is 4.98 Å². The van der Waals surface area contributed by atoms with E-state index in [-0.39, 0.29) is 16.9 Å². The molecule has 0 radical (unpaired) electrons. The van der Waals surface area contributed by atoms with Crippen molar-refractivity contribution in [1.29, 1.82) is 5.26 Å². The molecule has 0 spiro atoms. The molecule has 0 unspecified atom stereocenters. The molecule has 0 saturated heterocycles. The third kappa shape index (κ3) is 1.85. The second kappa shape index (κ2) is 4.61. The fourth-order valence-electron chi connectivity index (χ4n) is 1.62. The number of aromatic nitrogens is 1. The molecule has 0 aliphatic heterocycles. The summed E-state index contributed by atoms with van der Waals surface area (Å²) in [6, 6.07) is 1.89. The Balaban J connectivity index is 3.23. The lowest BCUT2D eigenvalue weighted by molar-refractivity contribution is 0.635. The number of nitrogens with one attached hydrogen (secondary N) is 1. The van der Waals surface area contributed by atoms with E-state index in [1.54, 1.807) is 6.20 Å². The summed E-state index contributed by atoms with van der Waals surface area (Å²) in [5.74, 6) is 0.257. The van der Waals surface area contributed by atoms with Crippen LogP contribution in [0, 0.1) is 11.3 Å². The molecule has 0 aliphatic rings. The molecule has 1 heterocycles. The van der Waals surface area contributed by atoms with E-state index in [4.69, 9.17) is 5.26 Å². The molecule has 0 saturated carbocycles. The van der Waals surface area contributed by atoms with Crippen LogP contribution in [0.3, 0.4) is 0 Å². The van der Waals surface area contributed by atoms with Crippen LogP contribution in [0.4, 0.5) is 0 Å². The molecule has 0 atom stereocenters. The summed E-state index contributed by atoms with van der Waals surface area (Å²) in [5.41, 5.74) is 0.809. The Labute approximate surface area is 83.4 Å². The molecule has 1 N–H and O–H groups in total. The van der Waals surface area contributed by atoms with Gasteiger partial charge in [-0.05, 0) is 18.8 Å². The zero-order chi connectivity index (χ0) is 10.6. The highest BCUT2D eigenvalue weighted by Gasteiger charge is 2.12. The average Bonchev–Trinajstić information content (AvgIpc) is 2.22. The Bertz CT molecular complexity index is 396. The summed E-state index contributed by atoms with van der Waals surface area (Å²) in [7, 11) is 0. The third-order valence-corrected chi connectivity index (χ3v) is 2.52. The average molecular weight is 190 g/mol. The van der Waals surface area contributed by atoms with Crippen molar-refractivity contribution in [3.05, 3.63) is 33.7 Å². The number of H-pyrrole nitrogens is 1. The van der Waals surface area contributed by atoms with Gasteiger partial charge in [0.2, 0.25) is 5.43 Å². The first kappa shape index (κ1) is 10.5. The largest absolute Gasteiger partial charge is 0.366 e. The maximum Gasteiger partial charge on any atom is 0.202 e. The van der Waals surface area contributed by atoms with Crippen LogP contribution in [0.1, 0.15) is 43.7 Å². The highest BCUT2D eigenvalue weighted by Crippen LogP contribution is 2.18. The van der Waals surface area contributed by atoms with Crippen LogP contribution in [0.2, 0.25) is 0 Å². The summed E-state index contributed by atoms with van der Waals surface area (Å²) in [6.45, 7) is 4.10. The van der Waals surface area contributed by atoms with E-state index in [1.807, 2.05) is 19.9 Å². The minimum absolute atomic E-state index is 0.125. The van der Waals surface area contributed by atoms with E-state index >= 15 is 0 Å². The van der Waals surface area contributed by atoms with E-state index in [0.29, 0.717) is 0 Å². The first-order chi connectivity index (χ1) is 6.74. The van der Waals surface area contributed by atoms with Crippen molar-refractivity contribution in [3.63, 3.8) is 0 Å².